The Hall–Kier alpha value is -2.57. The lowest BCUT2D eigenvalue weighted by molar-refractivity contribution is -0.0390. The fourth-order valence-electron chi connectivity index (χ4n) is 3.66. The van der Waals surface area contributed by atoms with E-state index in [1.165, 1.54) is 16.7 Å². The standard InChI is InChI=1S/C26H37N3O3/c1-4-27-26(29-18-23-10-9-20(3)15-25(23)31-5-2)28-17-21-7-6-8-22(16-21)19-32-24-11-13-30-14-12-24/h6-10,15-16,24H,4-5,11-14,17-19H2,1-3H3,(H2,27,28,29). The van der Waals surface area contributed by atoms with Crippen molar-refractivity contribution in [2.45, 2.75) is 59.4 Å². The van der Waals surface area contributed by atoms with Gasteiger partial charge < -0.3 is 24.8 Å². The van der Waals surface area contributed by atoms with Gasteiger partial charge in [-0.25, -0.2) is 4.99 Å². The molecule has 0 atom stereocenters. The minimum absolute atomic E-state index is 0.304. The molecule has 1 aliphatic rings. The van der Waals surface area contributed by atoms with Crippen LogP contribution in [0.4, 0.5) is 0 Å². The van der Waals surface area contributed by atoms with Gasteiger partial charge in [0.1, 0.15) is 5.75 Å². The zero-order valence-corrected chi connectivity index (χ0v) is 19.7. The van der Waals surface area contributed by atoms with Crippen molar-refractivity contribution in [3.8, 4) is 5.75 Å². The first-order valence-corrected chi connectivity index (χ1v) is 11.7. The molecule has 1 fully saturated rings. The van der Waals surface area contributed by atoms with Gasteiger partial charge in [0.2, 0.25) is 0 Å². The first-order chi connectivity index (χ1) is 15.7. The monoisotopic (exact) mass is 439 g/mol. The Morgan fingerprint density at radius 2 is 1.88 bits per heavy atom. The highest BCUT2D eigenvalue weighted by Gasteiger charge is 2.14. The summed E-state index contributed by atoms with van der Waals surface area (Å²) in [6.07, 6.45) is 2.26. The van der Waals surface area contributed by atoms with Crippen LogP contribution in [0.15, 0.2) is 47.5 Å². The number of nitrogens with one attached hydrogen (secondary N) is 2. The Bertz CT molecular complexity index is 863. The number of aryl methyl sites for hydroxylation is 1. The van der Waals surface area contributed by atoms with E-state index in [9.17, 15) is 0 Å². The highest BCUT2D eigenvalue weighted by molar-refractivity contribution is 5.79. The predicted molar refractivity (Wildman–Crippen MR) is 129 cm³/mol. The number of nitrogens with zero attached hydrogens (tertiary/aromatic N) is 1. The second-order valence-electron chi connectivity index (χ2n) is 8.04. The first-order valence-electron chi connectivity index (χ1n) is 11.7. The summed E-state index contributed by atoms with van der Waals surface area (Å²) in [6.45, 7) is 11.1. The van der Waals surface area contributed by atoms with E-state index in [1.54, 1.807) is 0 Å². The zero-order chi connectivity index (χ0) is 22.6. The average molecular weight is 440 g/mol. The van der Waals surface area contributed by atoms with E-state index in [2.05, 4.69) is 66.9 Å². The Kier molecular flexibility index (Phi) is 9.85. The Balaban J connectivity index is 1.57. The van der Waals surface area contributed by atoms with Crippen molar-refractivity contribution in [3.63, 3.8) is 0 Å². The molecule has 2 aromatic rings. The summed E-state index contributed by atoms with van der Waals surface area (Å²) < 4.78 is 17.3. The molecule has 6 nitrogen and oxygen atoms in total. The summed E-state index contributed by atoms with van der Waals surface area (Å²) in [4.78, 5) is 4.78. The fourth-order valence-corrected chi connectivity index (χ4v) is 3.66. The largest absolute Gasteiger partial charge is 0.494 e. The van der Waals surface area contributed by atoms with Crippen LogP contribution in [0.5, 0.6) is 5.75 Å². The van der Waals surface area contributed by atoms with Crippen molar-refractivity contribution < 1.29 is 14.2 Å². The number of aliphatic imine (C=N–C) groups is 1. The minimum Gasteiger partial charge on any atom is -0.494 e. The van der Waals surface area contributed by atoms with Crippen LogP contribution in [0.1, 0.15) is 48.9 Å². The molecule has 1 aliphatic heterocycles. The maximum atomic E-state index is 6.06. The van der Waals surface area contributed by atoms with E-state index in [0.29, 0.717) is 32.4 Å². The molecule has 6 heteroatoms. The molecular formula is C26H37N3O3. The van der Waals surface area contributed by atoms with Crippen molar-refractivity contribution >= 4 is 5.96 Å². The summed E-state index contributed by atoms with van der Waals surface area (Å²) in [7, 11) is 0. The number of hydrogen-bond acceptors (Lipinski definition) is 4. The van der Waals surface area contributed by atoms with E-state index in [4.69, 9.17) is 19.2 Å². The van der Waals surface area contributed by atoms with Crippen molar-refractivity contribution in [3.05, 3.63) is 64.7 Å². The third kappa shape index (κ3) is 7.84. The van der Waals surface area contributed by atoms with Crippen molar-refractivity contribution in [2.24, 2.45) is 4.99 Å². The van der Waals surface area contributed by atoms with E-state index in [0.717, 1.165) is 49.9 Å². The maximum absolute atomic E-state index is 6.06. The van der Waals surface area contributed by atoms with E-state index < -0.39 is 0 Å². The van der Waals surface area contributed by atoms with E-state index in [-0.39, 0.29) is 0 Å². The summed E-state index contributed by atoms with van der Waals surface area (Å²) >= 11 is 0. The van der Waals surface area contributed by atoms with Crippen LogP contribution in [-0.4, -0.2) is 38.4 Å². The van der Waals surface area contributed by atoms with Crippen LogP contribution >= 0.6 is 0 Å². The summed E-state index contributed by atoms with van der Waals surface area (Å²) in [5, 5.41) is 6.76. The molecule has 0 amide bonds. The van der Waals surface area contributed by atoms with Gasteiger partial charge in [-0.1, -0.05) is 36.4 Å². The van der Waals surface area contributed by atoms with Gasteiger partial charge in [0.05, 0.1) is 25.9 Å². The summed E-state index contributed by atoms with van der Waals surface area (Å²) in [5.74, 6) is 1.72. The second-order valence-corrected chi connectivity index (χ2v) is 8.04. The third-order valence-corrected chi connectivity index (χ3v) is 5.38. The molecule has 0 radical (unpaired) electrons. The number of hydrogen-bond donors (Lipinski definition) is 2. The van der Waals surface area contributed by atoms with E-state index >= 15 is 0 Å². The molecular weight excluding hydrogens is 402 g/mol. The average Bonchev–Trinajstić information content (AvgIpc) is 2.82. The highest BCUT2D eigenvalue weighted by atomic mass is 16.5. The molecule has 2 aromatic carbocycles. The lowest BCUT2D eigenvalue weighted by Crippen LogP contribution is -2.36. The van der Waals surface area contributed by atoms with Crippen LogP contribution in [0.2, 0.25) is 0 Å². The molecule has 0 bridgehead atoms. The van der Waals surface area contributed by atoms with Gasteiger partial charge >= 0.3 is 0 Å². The molecule has 1 saturated heterocycles. The lowest BCUT2D eigenvalue weighted by atomic mass is 10.1. The van der Waals surface area contributed by atoms with Crippen molar-refractivity contribution in [1.82, 2.24) is 10.6 Å². The molecule has 174 valence electrons. The molecule has 0 aliphatic carbocycles. The van der Waals surface area contributed by atoms with Crippen LogP contribution < -0.4 is 15.4 Å². The van der Waals surface area contributed by atoms with Crippen molar-refractivity contribution in [1.29, 1.82) is 0 Å². The molecule has 0 saturated carbocycles. The maximum Gasteiger partial charge on any atom is 0.191 e. The van der Waals surface area contributed by atoms with Gasteiger partial charge in [0.15, 0.2) is 5.96 Å². The minimum atomic E-state index is 0.304. The van der Waals surface area contributed by atoms with Crippen LogP contribution in [-0.2, 0) is 29.2 Å². The quantitative estimate of drug-likeness (QED) is 0.426. The lowest BCUT2D eigenvalue weighted by Gasteiger charge is -2.22. The molecule has 32 heavy (non-hydrogen) atoms. The van der Waals surface area contributed by atoms with E-state index in [1.807, 2.05) is 6.92 Å². The Morgan fingerprint density at radius 1 is 1.06 bits per heavy atom. The van der Waals surface area contributed by atoms with Crippen molar-refractivity contribution in [2.75, 3.05) is 26.4 Å². The highest BCUT2D eigenvalue weighted by Crippen LogP contribution is 2.20. The fraction of sp³-hybridized carbons (Fsp3) is 0.500. The van der Waals surface area contributed by atoms with Gasteiger partial charge in [-0.2, -0.15) is 0 Å². The van der Waals surface area contributed by atoms with Crippen LogP contribution in [0.3, 0.4) is 0 Å². The topological polar surface area (TPSA) is 64.1 Å². The number of ether oxygens (including phenoxy) is 3. The summed E-state index contributed by atoms with van der Waals surface area (Å²) in [5.41, 5.74) is 4.66. The summed E-state index contributed by atoms with van der Waals surface area (Å²) in [6, 6.07) is 14.8. The number of benzene rings is 2. The van der Waals surface area contributed by atoms with Gasteiger partial charge in [-0.15, -0.1) is 0 Å². The Labute approximate surface area is 192 Å². The number of rotatable bonds is 10. The SMILES string of the molecule is CCNC(=NCc1cccc(COC2CCOCC2)c1)NCc1ccc(C)cc1OCC. The molecule has 2 N–H and O–H groups in total. The normalized spacial score (nSPS) is 14.9. The van der Waals surface area contributed by atoms with Gasteiger partial charge in [0.25, 0.3) is 0 Å². The first kappa shape index (κ1) is 24.1. The Morgan fingerprint density at radius 3 is 2.66 bits per heavy atom. The zero-order valence-electron chi connectivity index (χ0n) is 19.7. The number of guanidine groups is 1. The predicted octanol–water partition coefficient (Wildman–Crippen LogP) is 4.34. The van der Waals surface area contributed by atoms with Crippen LogP contribution in [0, 0.1) is 6.92 Å². The molecule has 0 unspecified atom stereocenters. The van der Waals surface area contributed by atoms with Crippen LogP contribution in [0.25, 0.3) is 0 Å². The second kappa shape index (κ2) is 13.1. The smallest absolute Gasteiger partial charge is 0.191 e. The molecule has 3 rings (SSSR count). The third-order valence-electron chi connectivity index (χ3n) is 5.38. The molecule has 0 spiro atoms. The molecule has 0 aromatic heterocycles. The van der Waals surface area contributed by atoms with Gasteiger partial charge in [-0.05, 0) is 56.4 Å². The molecule has 1 heterocycles. The van der Waals surface area contributed by atoms with Gasteiger partial charge in [0, 0.05) is 31.9 Å². The van der Waals surface area contributed by atoms with Gasteiger partial charge in [-0.3, -0.25) is 0 Å².